The fraction of sp³-hybridized carbons (Fsp3) is 0.438. The molecule has 3 aliphatic rings. The van der Waals surface area contributed by atoms with Crippen molar-refractivity contribution >= 4 is 36.4 Å². The molecule has 9 nitrogen and oxygen atoms in total. The minimum absolute atomic E-state index is 0.109. The van der Waals surface area contributed by atoms with Crippen molar-refractivity contribution in [1.82, 2.24) is 0 Å². The van der Waals surface area contributed by atoms with Gasteiger partial charge in [0.05, 0.1) is 28.6 Å². The van der Waals surface area contributed by atoms with Gasteiger partial charge in [-0.3, -0.25) is 19.7 Å². The summed E-state index contributed by atoms with van der Waals surface area (Å²) in [6.45, 7) is 6.26. The topological polar surface area (TPSA) is 130 Å². The second-order valence-corrected chi connectivity index (χ2v) is 11.9. The van der Waals surface area contributed by atoms with Gasteiger partial charge in [-0.25, -0.2) is 4.90 Å². The predicted molar refractivity (Wildman–Crippen MR) is 160 cm³/mol. The molecule has 2 saturated heterocycles. The standard InChI is InChI=1S/C32H37BN2O7/c1-4-7-20(14-21-8-5-11-24(36)15-21)12-13-28-29-25(19(2)3)17-26-30(27(29)18-33(39)42-28)32(38)34(31(26)37)22-9-6-10-23(16-22)35(40)41/h5-6,8-11,14-16,19,26-28,30,36,39H,4,7,12-13,17-18H2,1-3H3/b20-14+/t26-,27+,28-,30-/m1/s1. The van der Waals surface area contributed by atoms with Gasteiger partial charge in [0.25, 0.3) is 5.69 Å². The predicted octanol–water partition coefficient (Wildman–Crippen LogP) is 5.92. The quantitative estimate of drug-likeness (QED) is 0.125. The second kappa shape index (κ2) is 12.2. The highest BCUT2D eigenvalue weighted by atomic mass is 16.6. The van der Waals surface area contributed by atoms with Gasteiger partial charge < -0.3 is 14.8 Å². The number of phenols is 1. The third-order valence-electron chi connectivity index (χ3n) is 8.78. The van der Waals surface area contributed by atoms with Gasteiger partial charge in [-0.2, -0.15) is 0 Å². The molecule has 2 fully saturated rings. The molecule has 42 heavy (non-hydrogen) atoms. The lowest BCUT2D eigenvalue weighted by atomic mass is 9.57. The summed E-state index contributed by atoms with van der Waals surface area (Å²) < 4.78 is 6.14. The number of hydrogen-bond acceptors (Lipinski definition) is 7. The molecule has 2 amide bonds. The van der Waals surface area contributed by atoms with Crippen molar-refractivity contribution in [2.24, 2.45) is 23.7 Å². The van der Waals surface area contributed by atoms with Crippen molar-refractivity contribution in [3.63, 3.8) is 0 Å². The summed E-state index contributed by atoms with van der Waals surface area (Å²) in [4.78, 5) is 39.6. The number of nitro benzene ring substituents is 1. The number of aromatic hydroxyl groups is 1. The maximum atomic E-state index is 13.9. The molecule has 0 bridgehead atoms. The van der Waals surface area contributed by atoms with E-state index in [0.29, 0.717) is 19.3 Å². The monoisotopic (exact) mass is 572 g/mol. The first-order chi connectivity index (χ1) is 20.1. The Morgan fingerprint density at radius 3 is 2.60 bits per heavy atom. The molecule has 5 rings (SSSR count). The van der Waals surface area contributed by atoms with E-state index in [9.17, 15) is 29.8 Å². The molecular formula is C32H37BN2O7. The van der Waals surface area contributed by atoms with Crippen molar-refractivity contribution in [3.8, 4) is 5.75 Å². The Morgan fingerprint density at radius 2 is 1.90 bits per heavy atom. The smallest absolute Gasteiger partial charge is 0.455 e. The van der Waals surface area contributed by atoms with E-state index in [2.05, 4.69) is 26.8 Å². The van der Waals surface area contributed by atoms with Crippen LogP contribution in [0.2, 0.25) is 6.32 Å². The van der Waals surface area contributed by atoms with Crippen molar-refractivity contribution < 1.29 is 29.3 Å². The zero-order valence-electron chi connectivity index (χ0n) is 24.2. The number of rotatable bonds is 9. The molecule has 2 aromatic carbocycles. The molecular weight excluding hydrogens is 535 g/mol. The first kappa shape index (κ1) is 29.7. The number of non-ortho nitro benzene ring substituents is 1. The molecule has 1 aliphatic carbocycles. The Bertz CT molecular complexity index is 1450. The van der Waals surface area contributed by atoms with Crippen LogP contribution in [0.5, 0.6) is 5.75 Å². The Balaban J connectivity index is 1.46. The third-order valence-corrected chi connectivity index (χ3v) is 8.78. The largest absolute Gasteiger partial charge is 0.508 e. The lowest BCUT2D eigenvalue weighted by Gasteiger charge is -2.44. The van der Waals surface area contributed by atoms with Crippen LogP contribution < -0.4 is 4.90 Å². The van der Waals surface area contributed by atoms with E-state index in [-0.39, 0.29) is 47.1 Å². The number of nitrogens with zero attached hydrogens (tertiary/aromatic N) is 2. The lowest BCUT2D eigenvalue weighted by Crippen LogP contribution is -2.46. The van der Waals surface area contributed by atoms with Crippen molar-refractivity contribution in [1.29, 1.82) is 0 Å². The highest BCUT2D eigenvalue weighted by Crippen LogP contribution is 2.52. The van der Waals surface area contributed by atoms with Crippen LogP contribution in [0, 0.1) is 33.8 Å². The number of nitro groups is 1. The number of carbonyl (C=O) groups excluding carboxylic acids is 2. The number of amides is 2. The zero-order valence-corrected chi connectivity index (χ0v) is 24.2. The summed E-state index contributed by atoms with van der Waals surface area (Å²) in [5.74, 6) is -2.01. The number of allylic oxidation sites excluding steroid dienone is 2. The van der Waals surface area contributed by atoms with Crippen LogP contribution in [0.3, 0.4) is 0 Å². The number of benzene rings is 2. The SMILES string of the molecule is CCC/C(=C\c1cccc(O)c1)CC[C@H]1OB(O)C[C@H]2C1=C(C(C)C)C[C@H]1C(=O)N(c3cccc([N+](=O)[O-])c3)C(=O)[C@H]12. The first-order valence-electron chi connectivity index (χ1n) is 14.8. The highest BCUT2D eigenvalue weighted by molar-refractivity contribution is 6.43. The molecule has 10 heteroatoms. The zero-order chi connectivity index (χ0) is 30.1. The van der Waals surface area contributed by atoms with Crippen LogP contribution in [0.1, 0.15) is 58.4 Å². The van der Waals surface area contributed by atoms with Gasteiger partial charge in [-0.05, 0) is 73.2 Å². The molecule has 2 aliphatic heterocycles. The fourth-order valence-electron chi connectivity index (χ4n) is 7.01. The van der Waals surface area contributed by atoms with Crippen LogP contribution in [0.25, 0.3) is 6.08 Å². The van der Waals surface area contributed by atoms with E-state index in [1.165, 1.54) is 23.8 Å². The van der Waals surface area contributed by atoms with Gasteiger partial charge in [0.15, 0.2) is 0 Å². The Hall–Kier alpha value is -3.76. The van der Waals surface area contributed by atoms with Gasteiger partial charge in [-0.1, -0.05) is 62.6 Å². The number of carbonyl (C=O) groups is 2. The number of anilines is 1. The van der Waals surface area contributed by atoms with Crippen LogP contribution >= 0.6 is 0 Å². The molecule has 4 atom stereocenters. The molecule has 0 saturated carbocycles. The molecule has 220 valence electrons. The summed E-state index contributed by atoms with van der Waals surface area (Å²) >= 11 is 0. The van der Waals surface area contributed by atoms with Crippen molar-refractivity contribution in [3.05, 3.63) is 80.9 Å². The van der Waals surface area contributed by atoms with Crippen molar-refractivity contribution in [2.75, 3.05) is 4.90 Å². The number of hydrogen-bond donors (Lipinski definition) is 2. The van der Waals surface area contributed by atoms with Gasteiger partial charge in [0.2, 0.25) is 11.8 Å². The van der Waals surface area contributed by atoms with E-state index in [1.54, 1.807) is 18.2 Å². The summed E-state index contributed by atoms with van der Waals surface area (Å²) in [6.07, 6.45) is 5.46. The molecule has 0 unspecified atom stereocenters. The molecule has 0 radical (unpaired) electrons. The van der Waals surface area contributed by atoms with Crippen LogP contribution in [0.15, 0.2) is 65.3 Å². The second-order valence-electron chi connectivity index (χ2n) is 11.9. The van der Waals surface area contributed by atoms with Gasteiger partial charge in [-0.15, -0.1) is 0 Å². The minimum Gasteiger partial charge on any atom is -0.508 e. The van der Waals surface area contributed by atoms with Gasteiger partial charge in [0.1, 0.15) is 5.75 Å². The minimum atomic E-state index is -1.07. The first-order valence-corrected chi connectivity index (χ1v) is 14.8. The van der Waals surface area contributed by atoms with Crippen LogP contribution in [0.4, 0.5) is 11.4 Å². The Kier molecular flexibility index (Phi) is 8.66. The summed E-state index contributed by atoms with van der Waals surface area (Å²) in [6, 6.07) is 12.7. The average Bonchev–Trinajstić information content (AvgIpc) is 3.20. The maximum Gasteiger partial charge on any atom is 0.455 e. The van der Waals surface area contributed by atoms with Gasteiger partial charge >= 0.3 is 7.12 Å². The average molecular weight is 572 g/mol. The number of phenolic OH excluding ortho intramolecular Hbond substituents is 1. The molecule has 0 aromatic heterocycles. The number of imide groups is 1. The van der Waals surface area contributed by atoms with Crippen LogP contribution in [-0.2, 0) is 14.2 Å². The van der Waals surface area contributed by atoms with E-state index < -0.39 is 30.0 Å². The summed E-state index contributed by atoms with van der Waals surface area (Å²) in [7, 11) is -1.07. The van der Waals surface area contributed by atoms with Gasteiger partial charge in [0, 0.05) is 12.1 Å². The van der Waals surface area contributed by atoms with E-state index in [1.807, 2.05) is 12.1 Å². The third kappa shape index (κ3) is 5.78. The molecule has 2 N–H and O–H groups in total. The molecule has 2 heterocycles. The normalized spacial score (nSPS) is 24.4. The maximum absolute atomic E-state index is 13.9. The summed E-state index contributed by atoms with van der Waals surface area (Å²) in [5, 5.41) is 32.1. The van der Waals surface area contributed by atoms with E-state index in [4.69, 9.17) is 4.65 Å². The Morgan fingerprint density at radius 1 is 1.14 bits per heavy atom. The van der Waals surface area contributed by atoms with Crippen molar-refractivity contribution in [2.45, 2.75) is 65.3 Å². The summed E-state index contributed by atoms with van der Waals surface area (Å²) in [5.41, 5.74) is 4.24. The fourth-order valence-corrected chi connectivity index (χ4v) is 7.01. The number of fused-ring (bicyclic) bond motifs is 3. The molecule has 0 spiro atoms. The van der Waals surface area contributed by atoms with E-state index in [0.717, 1.165) is 34.5 Å². The lowest BCUT2D eigenvalue weighted by molar-refractivity contribution is -0.384. The molecule has 2 aromatic rings. The van der Waals surface area contributed by atoms with E-state index >= 15 is 0 Å². The van der Waals surface area contributed by atoms with Crippen LogP contribution in [-0.4, -0.2) is 40.1 Å². The highest BCUT2D eigenvalue weighted by Gasteiger charge is 2.58. The Labute approximate surface area is 246 Å².